The lowest BCUT2D eigenvalue weighted by Crippen LogP contribution is -2.55. The highest BCUT2D eigenvalue weighted by Gasteiger charge is 2.36. The van der Waals surface area contributed by atoms with Crippen LogP contribution in [0.3, 0.4) is 0 Å². The van der Waals surface area contributed by atoms with Gasteiger partial charge in [0.25, 0.3) is 0 Å². The number of rotatable bonds is 23. The second-order valence-corrected chi connectivity index (χ2v) is 20.1. The number of alkyl carbamates (subject to hydrolysis) is 1. The number of nitrogens with zero attached hydrogens (tertiary/aromatic N) is 2. The molecule has 1 aliphatic rings. The Balaban J connectivity index is 2.02. The summed E-state index contributed by atoms with van der Waals surface area (Å²) in [5, 5.41) is 11.0. The molecule has 0 saturated heterocycles. The topological polar surface area (TPSA) is 220 Å². The number of nitrogens with one attached hydrogen (secondary N) is 4. The molecule has 1 heterocycles. The number of hydrogen-bond donors (Lipinski definition) is 4. The van der Waals surface area contributed by atoms with Crippen molar-refractivity contribution in [3.8, 4) is 22.6 Å². The highest BCUT2D eigenvalue weighted by molar-refractivity contribution is 5.96. The lowest BCUT2D eigenvalue weighted by molar-refractivity contribution is -0.145. The van der Waals surface area contributed by atoms with Crippen LogP contribution in [0, 0.1) is 0 Å². The molecule has 2 aromatic rings. The van der Waals surface area contributed by atoms with Crippen molar-refractivity contribution in [1.29, 1.82) is 0 Å². The maximum atomic E-state index is 15.0. The van der Waals surface area contributed by atoms with E-state index in [0.29, 0.717) is 53.1 Å². The summed E-state index contributed by atoms with van der Waals surface area (Å²) in [5.74, 6) is -2.36. The molecule has 0 saturated carbocycles. The average Bonchev–Trinajstić information content (AvgIpc) is 3.30. The number of amides is 6. The minimum atomic E-state index is -1.38. The fourth-order valence-electron chi connectivity index (χ4n) is 8.14. The van der Waals surface area contributed by atoms with Crippen molar-refractivity contribution in [3.05, 3.63) is 47.5 Å². The van der Waals surface area contributed by atoms with Gasteiger partial charge in [0.2, 0.25) is 23.6 Å². The predicted molar refractivity (Wildman–Crippen MR) is 271 cm³/mol. The van der Waals surface area contributed by atoms with Crippen LogP contribution >= 0.6 is 0 Å². The Bertz CT molecular complexity index is 2100. The molecule has 0 aromatic heterocycles. The highest BCUT2D eigenvalue weighted by Crippen LogP contribution is 2.40. The van der Waals surface area contributed by atoms with Crippen LogP contribution in [0.1, 0.15) is 150 Å². The summed E-state index contributed by atoms with van der Waals surface area (Å²) in [6, 6.07) is 5.45. The van der Waals surface area contributed by atoms with Crippen LogP contribution in [-0.4, -0.2) is 129 Å². The van der Waals surface area contributed by atoms with Gasteiger partial charge in [0.05, 0.1) is 21.3 Å². The molecule has 4 bridgehead atoms. The van der Waals surface area contributed by atoms with Crippen LogP contribution in [0.15, 0.2) is 36.4 Å². The summed E-state index contributed by atoms with van der Waals surface area (Å²) < 4.78 is 27.7. The van der Waals surface area contributed by atoms with E-state index in [-0.39, 0.29) is 32.4 Å². The number of carbonyl (C=O) groups is 7. The van der Waals surface area contributed by atoms with E-state index in [1.807, 2.05) is 0 Å². The van der Waals surface area contributed by atoms with Gasteiger partial charge in [0.15, 0.2) is 0 Å². The van der Waals surface area contributed by atoms with Gasteiger partial charge in [-0.05, 0) is 110 Å². The first-order valence-electron chi connectivity index (χ1n) is 25.1. The Morgan fingerprint density at radius 1 is 0.746 bits per heavy atom. The Kier molecular flexibility index (Phi) is 23.9. The lowest BCUT2D eigenvalue weighted by Gasteiger charge is -2.33. The number of methoxy groups -OCH3 is 3. The van der Waals surface area contributed by atoms with Crippen LogP contribution < -0.4 is 30.7 Å². The quantitative estimate of drug-likeness (QED) is 0.0482. The van der Waals surface area contributed by atoms with Crippen LogP contribution in [0.25, 0.3) is 11.1 Å². The van der Waals surface area contributed by atoms with Gasteiger partial charge in [-0.25, -0.2) is 14.4 Å². The molecule has 71 heavy (non-hydrogen) atoms. The summed E-state index contributed by atoms with van der Waals surface area (Å²) in [6.07, 6.45) is 8.25. The molecule has 18 nitrogen and oxygen atoms in total. The van der Waals surface area contributed by atoms with Crippen molar-refractivity contribution in [2.75, 3.05) is 48.0 Å². The largest absolute Gasteiger partial charge is 0.496 e. The predicted octanol–water partition coefficient (Wildman–Crippen LogP) is 7.54. The second kappa shape index (κ2) is 28.7. The molecule has 1 aliphatic heterocycles. The maximum absolute atomic E-state index is 15.0. The zero-order chi connectivity index (χ0) is 52.9. The van der Waals surface area contributed by atoms with Crippen LogP contribution in [0.4, 0.5) is 9.59 Å². The standard InChI is InChI=1S/C53H82N6O12/c1-13-14-15-16-17-18-19-22-30-59(51(66)71-53(6,7)8)31-28-44(60)56-40(23-20-21-29-54-50(65)70-52(3,4)5)48(63)58(9)45-37-25-27-43(68-11)39(34-37)38-32-36(24-26-42(38)67-10)33-41(49(64)69-12)57-46(61)35(2)55-47(45)62/h24-27,32,34-35,40-41,45H,13-23,28-31,33H2,1-12H3,(H,54,65)(H,55,62)(H,56,60)(H,57,61)/t35-,40-,41-,45-/m0/s1. The minimum absolute atomic E-state index is 0.0366. The van der Waals surface area contributed by atoms with Gasteiger partial charge in [-0.1, -0.05) is 64.0 Å². The molecule has 2 aromatic carbocycles. The first-order chi connectivity index (χ1) is 33.5. The molecule has 0 radical (unpaired) electrons. The SMILES string of the molecule is CCCCCCCCCCN(CCC(=O)N[C@@H](CCCCNC(=O)OC(C)(C)C)C(=O)N(C)[C@@H]1C(=O)N[C@@H](C)C(=O)N[C@H](C(=O)OC)Cc2ccc(OC)c(c2)-c2cc1ccc2OC)C(=O)OC(C)(C)C. The van der Waals surface area contributed by atoms with Gasteiger partial charge in [0.1, 0.15) is 46.9 Å². The molecule has 4 atom stereocenters. The van der Waals surface area contributed by atoms with Gasteiger partial charge < -0.3 is 54.8 Å². The third kappa shape index (κ3) is 19.9. The molecule has 3 rings (SSSR count). The minimum Gasteiger partial charge on any atom is -0.496 e. The maximum Gasteiger partial charge on any atom is 0.410 e. The molecular formula is C53H82N6O12. The van der Waals surface area contributed by atoms with Crippen molar-refractivity contribution < 1.29 is 57.2 Å². The first-order valence-corrected chi connectivity index (χ1v) is 25.1. The Hall–Kier alpha value is -6.07. The van der Waals surface area contributed by atoms with E-state index in [4.69, 9.17) is 23.7 Å². The number of esters is 1. The third-order valence-corrected chi connectivity index (χ3v) is 11.8. The summed E-state index contributed by atoms with van der Waals surface area (Å²) in [6.45, 7) is 14.9. The number of benzene rings is 2. The van der Waals surface area contributed by atoms with E-state index >= 15 is 0 Å². The molecule has 0 aliphatic carbocycles. The molecule has 0 unspecified atom stereocenters. The average molecular weight is 995 g/mol. The molecule has 6 amide bonds. The van der Waals surface area contributed by atoms with Gasteiger partial charge in [0, 0.05) is 50.7 Å². The van der Waals surface area contributed by atoms with Gasteiger partial charge in [-0.2, -0.15) is 0 Å². The number of likely N-dealkylation sites (N-methyl/N-ethyl adjacent to an activating group) is 1. The number of ether oxygens (including phenoxy) is 5. The molecule has 0 spiro atoms. The monoisotopic (exact) mass is 995 g/mol. The summed E-state index contributed by atoms with van der Waals surface area (Å²) in [7, 11) is 5.66. The van der Waals surface area contributed by atoms with Crippen molar-refractivity contribution in [3.63, 3.8) is 0 Å². The molecule has 396 valence electrons. The van der Waals surface area contributed by atoms with E-state index < -0.39 is 77.2 Å². The van der Waals surface area contributed by atoms with Crippen molar-refractivity contribution >= 4 is 41.8 Å². The van der Waals surface area contributed by atoms with Gasteiger partial charge in [-0.15, -0.1) is 0 Å². The smallest absolute Gasteiger partial charge is 0.410 e. The second-order valence-electron chi connectivity index (χ2n) is 20.1. The van der Waals surface area contributed by atoms with Crippen molar-refractivity contribution in [1.82, 2.24) is 31.1 Å². The van der Waals surface area contributed by atoms with Crippen LogP contribution in [-0.2, 0) is 44.6 Å². The van der Waals surface area contributed by atoms with Gasteiger partial charge >= 0.3 is 18.2 Å². The number of hydrogen-bond acceptors (Lipinski definition) is 12. The molecule has 4 N–H and O–H groups in total. The van der Waals surface area contributed by atoms with E-state index in [1.54, 1.807) is 77.9 Å². The lowest BCUT2D eigenvalue weighted by atomic mass is 9.93. The Labute approximate surface area is 421 Å². The fourth-order valence-corrected chi connectivity index (χ4v) is 8.14. The van der Waals surface area contributed by atoms with Crippen LogP contribution in [0.5, 0.6) is 11.5 Å². The zero-order valence-electron chi connectivity index (χ0n) is 44.4. The van der Waals surface area contributed by atoms with Gasteiger partial charge in [-0.3, -0.25) is 19.2 Å². The van der Waals surface area contributed by atoms with E-state index in [9.17, 15) is 33.6 Å². The fraction of sp³-hybridized carbons (Fsp3) is 0.642. The summed E-state index contributed by atoms with van der Waals surface area (Å²) in [4.78, 5) is 98.8. The first kappa shape index (κ1) is 59.2. The van der Waals surface area contributed by atoms with E-state index in [0.717, 1.165) is 25.7 Å². The molecular weight excluding hydrogens is 913 g/mol. The molecule has 18 heteroatoms. The van der Waals surface area contributed by atoms with E-state index in [2.05, 4.69) is 28.2 Å². The summed E-state index contributed by atoms with van der Waals surface area (Å²) >= 11 is 0. The Morgan fingerprint density at radius 3 is 1.96 bits per heavy atom. The highest BCUT2D eigenvalue weighted by atomic mass is 16.6. The van der Waals surface area contributed by atoms with Crippen molar-refractivity contribution in [2.24, 2.45) is 0 Å². The van der Waals surface area contributed by atoms with E-state index in [1.165, 1.54) is 70.8 Å². The third-order valence-electron chi connectivity index (χ3n) is 11.8. The molecule has 0 fully saturated rings. The van der Waals surface area contributed by atoms with Crippen LogP contribution in [0.2, 0.25) is 0 Å². The number of unbranched alkanes of at least 4 members (excludes halogenated alkanes) is 8. The number of fused-ring (bicyclic) bond motifs is 5. The Morgan fingerprint density at radius 2 is 1.35 bits per heavy atom. The summed E-state index contributed by atoms with van der Waals surface area (Å²) in [5.41, 5.74) is 0.599. The van der Waals surface area contributed by atoms with Crippen molar-refractivity contribution in [2.45, 2.75) is 174 Å². The normalized spacial score (nSPS) is 16.5. The number of carbonyl (C=O) groups excluding carboxylic acids is 7. The zero-order valence-corrected chi connectivity index (χ0v) is 44.4.